The first-order valence-corrected chi connectivity index (χ1v) is 8.28. The lowest BCUT2D eigenvalue weighted by molar-refractivity contribution is 0.482. The lowest BCUT2D eigenvalue weighted by atomic mass is 10.1. The average molecular weight is 320 g/mol. The summed E-state index contributed by atoms with van der Waals surface area (Å²) in [5.74, 6) is -0.439. The van der Waals surface area contributed by atoms with Gasteiger partial charge in [-0.1, -0.05) is 30.3 Å². The number of nitroso groups, excluding NO2 is 1. The van der Waals surface area contributed by atoms with Gasteiger partial charge in [0.1, 0.15) is 5.69 Å². The van der Waals surface area contributed by atoms with Crippen LogP contribution in [0.25, 0.3) is 0 Å². The zero-order chi connectivity index (χ0) is 16.0. The molecule has 0 fully saturated rings. The summed E-state index contributed by atoms with van der Waals surface area (Å²) in [5, 5.41) is 6.11. The summed E-state index contributed by atoms with van der Waals surface area (Å²) < 4.78 is 30.5. The van der Waals surface area contributed by atoms with Crippen LogP contribution in [0.1, 0.15) is 11.1 Å². The Labute approximate surface area is 128 Å². The zero-order valence-electron chi connectivity index (χ0n) is 11.8. The summed E-state index contributed by atoms with van der Waals surface area (Å²) in [6.07, 6.45) is 0.0408. The fourth-order valence-electron chi connectivity index (χ4n) is 2.04. The van der Waals surface area contributed by atoms with Crippen molar-refractivity contribution in [3.8, 4) is 0 Å². The monoisotopic (exact) mass is 320 g/mol. The third-order valence-corrected chi connectivity index (χ3v) is 3.86. The van der Waals surface area contributed by atoms with Crippen molar-refractivity contribution in [2.75, 3.05) is 11.1 Å². The standard InChI is InChI=1S/C15H16N2O4S/c18-17-15-7-6-12(10-13(15)8-9-22(19,20)21)11-16-14-4-2-1-3-5-14/h1-7,10,16H,8-9,11H2,(H,19,20,21). The van der Waals surface area contributed by atoms with E-state index in [0.717, 1.165) is 11.3 Å². The fraction of sp³-hybridized carbons (Fsp3) is 0.200. The average Bonchev–Trinajstić information content (AvgIpc) is 2.51. The lowest BCUT2D eigenvalue weighted by Gasteiger charge is -2.09. The predicted molar refractivity (Wildman–Crippen MR) is 85.8 cm³/mol. The van der Waals surface area contributed by atoms with Crippen LogP contribution in [0.4, 0.5) is 11.4 Å². The summed E-state index contributed by atoms with van der Waals surface area (Å²) in [7, 11) is -4.07. The molecule has 0 saturated heterocycles. The molecule has 0 aliphatic rings. The fourth-order valence-corrected chi connectivity index (χ4v) is 2.52. The maximum atomic E-state index is 10.8. The van der Waals surface area contributed by atoms with E-state index in [9.17, 15) is 13.3 Å². The van der Waals surface area contributed by atoms with Crippen LogP contribution in [-0.4, -0.2) is 18.7 Å². The van der Waals surface area contributed by atoms with Gasteiger partial charge in [-0.25, -0.2) is 0 Å². The zero-order valence-corrected chi connectivity index (χ0v) is 12.6. The van der Waals surface area contributed by atoms with Crippen LogP contribution in [0.5, 0.6) is 0 Å². The molecule has 2 aromatic carbocycles. The normalized spacial score (nSPS) is 11.1. The topological polar surface area (TPSA) is 95.8 Å². The van der Waals surface area contributed by atoms with Gasteiger partial charge in [-0.2, -0.15) is 8.42 Å². The van der Waals surface area contributed by atoms with Gasteiger partial charge in [-0.3, -0.25) is 4.55 Å². The van der Waals surface area contributed by atoms with E-state index in [-0.39, 0.29) is 12.1 Å². The van der Waals surface area contributed by atoms with Crippen molar-refractivity contribution in [3.05, 3.63) is 64.6 Å². The summed E-state index contributed by atoms with van der Waals surface area (Å²) in [6, 6.07) is 14.6. The number of hydrogen-bond acceptors (Lipinski definition) is 5. The number of nitrogens with one attached hydrogen (secondary N) is 1. The molecule has 7 heteroatoms. The van der Waals surface area contributed by atoms with E-state index in [0.29, 0.717) is 12.1 Å². The van der Waals surface area contributed by atoms with E-state index in [4.69, 9.17) is 4.55 Å². The summed E-state index contributed by atoms with van der Waals surface area (Å²) in [5.41, 5.74) is 2.54. The number of aryl methyl sites for hydroxylation is 1. The maximum Gasteiger partial charge on any atom is 0.265 e. The molecule has 0 aliphatic heterocycles. The molecule has 0 amide bonds. The molecular weight excluding hydrogens is 304 g/mol. The summed E-state index contributed by atoms with van der Waals surface area (Å²) in [6.45, 7) is 0.530. The number of rotatable bonds is 7. The molecule has 0 aromatic heterocycles. The first-order chi connectivity index (χ1) is 10.5. The smallest absolute Gasteiger partial charge is 0.265 e. The predicted octanol–water partition coefficient (Wildman–Crippen LogP) is 3.13. The first-order valence-electron chi connectivity index (χ1n) is 6.67. The third-order valence-electron chi connectivity index (χ3n) is 3.14. The van der Waals surface area contributed by atoms with E-state index < -0.39 is 15.9 Å². The van der Waals surface area contributed by atoms with Crippen LogP contribution in [0.3, 0.4) is 0 Å². The van der Waals surface area contributed by atoms with E-state index in [1.807, 2.05) is 30.3 Å². The highest BCUT2D eigenvalue weighted by molar-refractivity contribution is 7.85. The Balaban J connectivity index is 2.10. The minimum Gasteiger partial charge on any atom is -0.381 e. The van der Waals surface area contributed by atoms with Gasteiger partial charge in [0.25, 0.3) is 10.1 Å². The molecule has 0 saturated carbocycles. The van der Waals surface area contributed by atoms with Crippen LogP contribution < -0.4 is 5.32 Å². The van der Waals surface area contributed by atoms with Crippen LogP contribution in [0.15, 0.2) is 53.7 Å². The van der Waals surface area contributed by atoms with E-state index in [1.165, 1.54) is 0 Å². The summed E-state index contributed by atoms with van der Waals surface area (Å²) >= 11 is 0. The van der Waals surface area contributed by atoms with Gasteiger partial charge in [-0.05, 0) is 40.9 Å². The highest BCUT2D eigenvalue weighted by Gasteiger charge is 2.10. The van der Waals surface area contributed by atoms with E-state index in [1.54, 1.807) is 18.2 Å². The Bertz CT molecular complexity index is 745. The van der Waals surface area contributed by atoms with Crippen molar-refractivity contribution in [1.82, 2.24) is 0 Å². The van der Waals surface area contributed by atoms with Gasteiger partial charge in [0, 0.05) is 12.2 Å². The van der Waals surface area contributed by atoms with Crippen LogP contribution in [0.2, 0.25) is 0 Å². The molecule has 0 unspecified atom stereocenters. The second-order valence-electron chi connectivity index (χ2n) is 4.81. The largest absolute Gasteiger partial charge is 0.381 e. The highest BCUT2D eigenvalue weighted by atomic mass is 32.2. The minimum absolute atomic E-state index is 0.0408. The Morgan fingerprint density at radius 1 is 1.09 bits per heavy atom. The Morgan fingerprint density at radius 3 is 2.45 bits per heavy atom. The van der Waals surface area contributed by atoms with Gasteiger partial charge in [0.15, 0.2) is 0 Å². The molecular formula is C15H16N2O4S. The molecule has 0 bridgehead atoms. The SMILES string of the molecule is O=Nc1ccc(CNc2ccccc2)cc1CCS(=O)(=O)O. The van der Waals surface area contributed by atoms with Gasteiger partial charge < -0.3 is 5.32 Å². The number of para-hydroxylation sites is 1. The number of anilines is 1. The van der Waals surface area contributed by atoms with Crippen LogP contribution >= 0.6 is 0 Å². The molecule has 0 aliphatic carbocycles. The molecule has 6 nitrogen and oxygen atoms in total. The minimum atomic E-state index is -4.07. The molecule has 2 aromatic rings. The van der Waals surface area contributed by atoms with Crippen molar-refractivity contribution in [2.24, 2.45) is 5.18 Å². The second kappa shape index (κ2) is 7.15. The van der Waals surface area contributed by atoms with Crippen LogP contribution in [-0.2, 0) is 23.1 Å². The van der Waals surface area contributed by atoms with Crippen molar-refractivity contribution in [1.29, 1.82) is 0 Å². The second-order valence-corrected chi connectivity index (χ2v) is 6.38. The van der Waals surface area contributed by atoms with Crippen molar-refractivity contribution in [3.63, 3.8) is 0 Å². The summed E-state index contributed by atoms with van der Waals surface area (Å²) in [4.78, 5) is 10.8. The van der Waals surface area contributed by atoms with E-state index in [2.05, 4.69) is 10.5 Å². The molecule has 2 N–H and O–H groups in total. The van der Waals surface area contributed by atoms with Crippen LogP contribution in [0, 0.1) is 4.91 Å². The van der Waals surface area contributed by atoms with Crippen molar-refractivity contribution < 1.29 is 13.0 Å². The van der Waals surface area contributed by atoms with Gasteiger partial charge in [-0.15, -0.1) is 4.91 Å². The number of hydrogen-bond donors (Lipinski definition) is 2. The highest BCUT2D eigenvalue weighted by Crippen LogP contribution is 2.22. The molecule has 0 radical (unpaired) electrons. The molecule has 22 heavy (non-hydrogen) atoms. The Morgan fingerprint density at radius 2 is 1.82 bits per heavy atom. The quantitative estimate of drug-likeness (QED) is 0.603. The van der Waals surface area contributed by atoms with Gasteiger partial charge in [0.05, 0.1) is 5.75 Å². The van der Waals surface area contributed by atoms with E-state index >= 15 is 0 Å². The lowest BCUT2D eigenvalue weighted by Crippen LogP contribution is -2.07. The van der Waals surface area contributed by atoms with Crippen molar-refractivity contribution in [2.45, 2.75) is 13.0 Å². The molecule has 0 heterocycles. The van der Waals surface area contributed by atoms with Gasteiger partial charge >= 0.3 is 0 Å². The maximum absolute atomic E-state index is 10.8. The Hall–Kier alpha value is -2.25. The Kier molecular flexibility index (Phi) is 5.24. The molecule has 0 atom stereocenters. The van der Waals surface area contributed by atoms with Crippen molar-refractivity contribution >= 4 is 21.5 Å². The first kappa shape index (κ1) is 16.1. The molecule has 2 rings (SSSR count). The molecule has 116 valence electrons. The number of nitrogens with zero attached hydrogens (tertiary/aromatic N) is 1. The number of benzene rings is 2. The van der Waals surface area contributed by atoms with Gasteiger partial charge in [0.2, 0.25) is 0 Å². The molecule has 0 spiro atoms. The third kappa shape index (κ3) is 4.94.